The summed E-state index contributed by atoms with van der Waals surface area (Å²) in [6.45, 7) is 0. The summed E-state index contributed by atoms with van der Waals surface area (Å²) in [6, 6.07) is 12.9. The van der Waals surface area contributed by atoms with Gasteiger partial charge in [-0.2, -0.15) is 0 Å². The number of carbonyl (C=O) groups excluding carboxylic acids is 1. The lowest BCUT2D eigenvalue weighted by Gasteiger charge is -2.19. The third-order valence-electron chi connectivity index (χ3n) is 2.83. The van der Waals surface area contributed by atoms with Gasteiger partial charge in [-0.25, -0.2) is 4.39 Å². The smallest absolute Gasteiger partial charge is 0.260 e. The van der Waals surface area contributed by atoms with Crippen LogP contribution >= 0.6 is 0 Å². The van der Waals surface area contributed by atoms with Crippen LogP contribution in [0.15, 0.2) is 48.5 Å². The first-order chi connectivity index (χ1) is 9.15. The van der Waals surface area contributed by atoms with Crippen LogP contribution in [0.25, 0.3) is 0 Å². The first kappa shape index (κ1) is 13.0. The number of benzene rings is 2. The Balaban J connectivity index is 2.37. The lowest BCUT2D eigenvalue weighted by atomic mass is 10.1. The van der Waals surface area contributed by atoms with Crippen molar-refractivity contribution < 1.29 is 9.18 Å². The largest absolute Gasteiger partial charge is 0.323 e. The number of nitrogens with zero attached hydrogens (tertiary/aromatic N) is 1. The fraction of sp³-hybridized carbons (Fsp3) is 0.0714. The van der Waals surface area contributed by atoms with Crippen LogP contribution in [0.5, 0.6) is 0 Å². The molecular formula is C14H14FN3O. The highest BCUT2D eigenvalue weighted by Gasteiger charge is 2.18. The summed E-state index contributed by atoms with van der Waals surface area (Å²) in [6.07, 6.45) is 0. The van der Waals surface area contributed by atoms with Gasteiger partial charge in [-0.3, -0.25) is 10.6 Å². The number of rotatable bonds is 3. The molecule has 1 amide bonds. The lowest BCUT2D eigenvalue weighted by Crippen LogP contribution is -2.28. The molecule has 0 radical (unpaired) electrons. The molecule has 0 saturated carbocycles. The fourth-order valence-electron chi connectivity index (χ4n) is 1.81. The van der Waals surface area contributed by atoms with Crippen LogP contribution in [0.4, 0.5) is 15.8 Å². The minimum absolute atomic E-state index is 0.222. The lowest BCUT2D eigenvalue weighted by molar-refractivity contribution is 0.0993. The molecular weight excluding hydrogens is 245 g/mol. The molecule has 0 unspecified atom stereocenters. The standard InChI is InChI=1S/C14H14FN3O/c1-18(13-9-5-3-7-11(13)15)14(19)10-6-2-4-8-12(10)17-16/h2-9,17H,16H2,1H3. The van der Waals surface area contributed by atoms with E-state index in [-0.39, 0.29) is 11.6 Å². The average Bonchev–Trinajstić information content (AvgIpc) is 2.46. The number of anilines is 2. The molecule has 0 aliphatic rings. The van der Waals surface area contributed by atoms with E-state index in [1.165, 1.54) is 18.0 Å². The van der Waals surface area contributed by atoms with Crippen molar-refractivity contribution in [2.75, 3.05) is 17.4 Å². The number of nitrogen functional groups attached to an aromatic ring is 1. The number of nitrogens with one attached hydrogen (secondary N) is 1. The molecule has 19 heavy (non-hydrogen) atoms. The Morgan fingerprint density at radius 3 is 2.47 bits per heavy atom. The number of hydrogen-bond acceptors (Lipinski definition) is 3. The Kier molecular flexibility index (Phi) is 3.77. The van der Waals surface area contributed by atoms with Gasteiger partial charge in [0, 0.05) is 7.05 Å². The predicted octanol–water partition coefficient (Wildman–Crippen LogP) is 2.39. The van der Waals surface area contributed by atoms with Crippen molar-refractivity contribution in [3.8, 4) is 0 Å². The van der Waals surface area contributed by atoms with Crippen molar-refractivity contribution >= 4 is 17.3 Å². The summed E-state index contributed by atoms with van der Waals surface area (Å²) in [5, 5.41) is 0. The van der Waals surface area contributed by atoms with E-state index in [0.717, 1.165) is 0 Å². The quantitative estimate of drug-likeness (QED) is 0.657. The Morgan fingerprint density at radius 2 is 1.79 bits per heavy atom. The molecule has 5 heteroatoms. The molecule has 4 nitrogen and oxygen atoms in total. The average molecular weight is 259 g/mol. The molecule has 0 aliphatic carbocycles. The van der Waals surface area contributed by atoms with E-state index in [1.54, 1.807) is 42.5 Å². The molecule has 0 heterocycles. The number of amides is 1. The van der Waals surface area contributed by atoms with Crippen LogP contribution in [-0.2, 0) is 0 Å². The molecule has 98 valence electrons. The molecule has 0 fully saturated rings. The zero-order chi connectivity index (χ0) is 13.8. The Labute approximate surface area is 110 Å². The van der Waals surface area contributed by atoms with E-state index >= 15 is 0 Å². The first-order valence-corrected chi connectivity index (χ1v) is 5.73. The number of hydrazine groups is 1. The van der Waals surface area contributed by atoms with E-state index < -0.39 is 5.82 Å². The van der Waals surface area contributed by atoms with Crippen LogP contribution < -0.4 is 16.2 Å². The Morgan fingerprint density at radius 1 is 1.16 bits per heavy atom. The Bertz CT molecular complexity index is 601. The van der Waals surface area contributed by atoms with Gasteiger partial charge >= 0.3 is 0 Å². The van der Waals surface area contributed by atoms with E-state index in [2.05, 4.69) is 5.43 Å². The van der Waals surface area contributed by atoms with Crippen molar-refractivity contribution in [1.29, 1.82) is 0 Å². The van der Waals surface area contributed by atoms with Gasteiger partial charge in [-0.15, -0.1) is 0 Å². The van der Waals surface area contributed by atoms with Crippen LogP contribution in [0.2, 0.25) is 0 Å². The maximum Gasteiger partial charge on any atom is 0.260 e. The van der Waals surface area contributed by atoms with Crippen LogP contribution in [0.3, 0.4) is 0 Å². The van der Waals surface area contributed by atoms with Crippen molar-refractivity contribution in [3.05, 3.63) is 59.9 Å². The molecule has 0 aromatic heterocycles. The molecule has 2 aromatic rings. The van der Waals surface area contributed by atoms with Gasteiger partial charge in [0.05, 0.1) is 16.9 Å². The third-order valence-corrected chi connectivity index (χ3v) is 2.83. The minimum atomic E-state index is -0.448. The number of nitrogens with two attached hydrogens (primary N) is 1. The van der Waals surface area contributed by atoms with Gasteiger partial charge < -0.3 is 10.3 Å². The maximum atomic E-state index is 13.7. The van der Waals surface area contributed by atoms with Crippen LogP contribution in [0.1, 0.15) is 10.4 Å². The second-order valence-corrected chi connectivity index (χ2v) is 4.01. The highest BCUT2D eigenvalue weighted by Crippen LogP contribution is 2.22. The van der Waals surface area contributed by atoms with Gasteiger partial charge in [0.1, 0.15) is 5.82 Å². The summed E-state index contributed by atoms with van der Waals surface area (Å²) < 4.78 is 13.7. The van der Waals surface area contributed by atoms with Gasteiger partial charge in [0.25, 0.3) is 5.91 Å². The monoisotopic (exact) mass is 259 g/mol. The summed E-state index contributed by atoms with van der Waals surface area (Å²) in [5.74, 6) is 4.58. The summed E-state index contributed by atoms with van der Waals surface area (Å²) in [5.41, 5.74) is 3.56. The second kappa shape index (κ2) is 5.49. The SMILES string of the molecule is CN(C(=O)c1ccccc1NN)c1ccccc1F. The number of para-hydroxylation sites is 2. The minimum Gasteiger partial charge on any atom is -0.323 e. The van der Waals surface area contributed by atoms with Crippen molar-refractivity contribution in [2.24, 2.45) is 5.84 Å². The first-order valence-electron chi connectivity index (χ1n) is 5.73. The highest BCUT2D eigenvalue weighted by molar-refractivity contribution is 6.09. The summed E-state index contributed by atoms with van der Waals surface area (Å²) in [4.78, 5) is 13.6. The van der Waals surface area contributed by atoms with Crippen molar-refractivity contribution in [2.45, 2.75) is 0 Å². The van der Waals surface area contributed by atoms with Gasteiger partial charge in [0.2, 0.25) is 0 Å². The van der Waals surface area contributed by atoms with Gasteiger partial charge in [-0.1, -0.05) is 24.3 Å². The zero-order valence-corrected chi connectivity index (χ0v) is 10.4. The Hall–Kier alpha value is -2.40. The summed E-state index contributed by atoms with van der Waals surface area (Å²) in [7, 11) is 1.52. The number of carbonyl (C=O) groups is 1. The van der Waals surface area contributed by atoms with Crippen LogP contribution in [0, 0.1) is 5.82 Å². The molecule has 3 N–H and O–H groups in total. The molecule has 0 atom stereocenters. The predicted molar refractivity (Wildman–Crippen MR) is 73.4 cm³/mol. The normalized spacial score (nSPS) is 10.1. The molecule has 0 aliphatic heterocycles. The second-order valence-electron chi connectivity index (χ2n) is 4.01. The maximum absolute atomic E-state index is 13.7. The van der Waals surface area contributed by atoms with E-state index in [4.69, 9.17) is 5.84 Å². The highest BCUT2D eigenvalue weighted by atomic mass is 19.1. The van der Waals surface area contributed by atoms with Crippen molar-refractivity contribution in [1.82, 2.24) is 0 Å². The van der Waals surface area contributed by atoms with E-state index in [9.17, 15) is 9.18 Å². The molecule has 2 aromatic carbocycles. The molecule has 2 rings (SSSR count). The van der Waals surface area contributed by atoms with Crippen molar-refractivity contribution in [3.63, 3.8) is 0 Å². The van der Waals surface area contributed by atoms with Gasteiger partial charge in [-0.05, 0) is 24.3 Å². The van der Waals surface area contributed by atoms with E-state index in [0.29, 0.717) is 11.3 Å². The van der Waals surface area contributed by atoms with Gasteiger partial charge in [0.15, 0.2) is 0 Å². The third kappa shape index (κ3) is 2.56. The fourth-order valence-corrected chi connectivity index (χ4v) is 1.81. The van der Waals surface area contributed by atoms with Crippen LogP contribution in [-0.4, -0.2) is 13.0 Å². The topological polar surface area (TPSA) is 58.4 Å². The van der Waals surface area contributed by atoms with E-state index in [1.807, 2.05) is 0 Å². The summed E-state index contributed by atoms with van der Waals surface area (Å²) >= 11 is 0. The molecule has 0 saturated heterocycles. The number of halogens is 1. The number of hydrogen-bond donors (Lipinski definition) is 2. The zero-order valence-electron chi connectivity index (χ0n) is 10.4. The molecule has 0 spiro atoms. The molecule has 0 bridgehead atoms.